The first kappa shape index (κ1) is 17.5. The van der Waals surface area contributed by atoms with Crippen LogP contribution in [0, 0.1) is 12.8 Å². The maximum absolute atomic E-state index is 11.9. The van der Waals surface area contributed by atoms with Gasteiger partial charge in [-0.3, -0.25) is 9.78 Å². The number of anilines is 1. The highest BCUT2D eigenvalue weighted by atomic mass is 16.5. The zero-order valence-electron chi connectivity index (χ0n) is 14.9. The quantitative estimate of drug-likeness (QED) is 0.746. The van der Waals surface area contributed by atoms with Crippen LogP contribution in [-0.2, 0) is 4.79 Å². The highest BCUT2D eigenvalue weighted by molar-refractivity contribution is 5.92. The van der Waals surface area contributed by atoms with E-state index in [0.29, 0.717) is 11.4 Å². The second kappa shape index (κ2) is 7.74. The molecule has 3 rings (SSSR count). The van der Waals surface area contributed by atoms with E-state index in [1.165, 1.54) is 0 Å². The van der Waals surface area contributed by atoms with Crippen molar-refractivity contribution in [1.29, 1.82) is 0 Å². The van der Waals surface area contributed by atoms with Crippen LogP contribution < -0.4 is 10.1 Å². The molecule has 0 radical (unpaired) electrons. The second-order valence-electron chi connectivity index (χ2n) is 6.19. The van der Waals surface area contributed by atoms with Crippen LogP contribution in [0.3, 0.4) is 0 Å². The molecule has 0 aliphatic heterocycles. The molecule has 6 heteroatoms. The van der Waals surface area contributed by atoms with E-state index in [-0.39, 0.29) is 17.8 Å². The summed E-state index contributed by atoms with van der Waals surface area (Å²) in [5.74, 6) is 0.449. The monoisotopic (exact) mass is 348 g/mol. The number of hydrogen-bond donors (Lipinski definition) is 1. The number of rotatable bonds is 5. The number of aryl methyl sites for hydroxylation is 1. The molecule has 0 spiro atoms. The second-order valence-corrected chi connectivity index (χ2v) is 6.19. The van der Waals surface area contributed by atoms with Gasteiger partial charge in [0.25, 0.3) is 0 Å². The zero-order valence-corrected chi connectivity index (χ0v) is 14.9. The molecule has 132 valence electrons. The maximum Gasteiger partial charge on any atom is 0.322 e. The molecule has 1 N–H and O–H groups in total. The minimum atomic E-state index is -0.0971. The summed E-state index contributed by atoms with van der Waals surface area (Å²) in [6, 6.07) is 11.3. The van der Waals surface area contributed by atoms with Crippen molar-refractivity contribution in [3.05, 3.63) is 60.6 Å². The molecule has 1 aromatic carbocycles. The lowest BCUT2D eigenvalue weighted by Crippen LogP contribution is -2.17. The predicted molar refractivity (Wildman–Crippen MR) is 100.0 cm³/mol. The molecule has 0 atom stereocenters. The van der Waals surface area contributed by atoms with Crippen molar-refractivity contribution in [1.82, 2.24) is 15.0 Å². The average molecular weight is 348 g/mol. The normalized spacial score (nSPS) is 10.6. The van der Waals surface area contributed by atoms with E-state index in [1.807, 2.05) is 45.0 Å². The summed E-state index contributed by atoms with van der Waals surface area (Å²) in [6.45, 7) is 5.62. The van der Waals surface area contributed by atoms with E-state index < -0.39 is 0 Å². The first-order chi connectivity index (χ1) is 12.5. The molecule has 0 saturated heterocycles. The molecule has 0 unspecified atom stereocenters. The van der Waals surface area contributed by atoms with Gasteiger partial charge < -0.3 is 10.1 Å². The van der Waals surface area contributed by atoms with E-state index in [9.17, 15) is 4.79 Å². The lowest BCUT2D eigenvalue weighted by Gasteiger charge is -2.12. The topological polar surface area (TPSA) is 77.0 Å². The number of benzene rings is 1. The fraction of sp³-hybridized carbons (Fsp3) is 0.200. The van der Waals surface area contributed by atoms with Gasteiger partial charge in [-0.1, -0.05) is 19.9 Å². The van der Waals surface area contributed by atoms with Crippen LogP contribution >= 0.6 is 0 Å². The molecule has 2 aromatic heterocycles. The molecule has 6 nitrogen and oxygen atoms in total. The first-order valence-corrected chi connectivity index (χ1v) is 8.36. The smallest absolute Gasteiger partial charge is 0.322 e. The Morgan fingerprint density at radius 2 is 2.00 bits per heavy atom. The van der Waals surface area contributed by atoms with Crippen LogP contribution in [0.1, 0.15) is 19.4 Å². The Morgan fingerprint density at radius 1 is 1.15 bits per heavy atom. The van der Waals surface area contributed by atoms with Gasteiger partial charge in [0.15, 0.2) is 0 Å². The summed E-state index contributed by atoms with van der Waals surface area (Å²) in [5.41, 5.74) is 3.20. The van der Waals surface area contributed by atoms with E-state index in [1.54, 1.807) is 30.7 Å². The van der Waals surface area contributed by atoms with Gasteiger partial charge in [0, 0.05) is 41.8 Å². The van der Waals surface area contributed by atoms with Gasteiger partial charge in [0.05, 0.1) is 5.69 Å². The number of nitrogens with one attached hydrogen (secondary N) is 1. The number of nitrogens with zero attached hydrogens (tertiary/aromatic N) is 3. The van der Waals surface area contributed by atoms with E-state index in [0.717, 1.165) is 16.8 Å². The van der Waals surface area contributed by atoms with E-state index in [2.05, 4.69) is 20.3 Å². The molecule has 1 amide bonds. The maximum atomic E-state index is 11.9. The van der Waals surface area contributed by atoms with E-state index in [4.69, 9.17) is 4.74 Å². The van der Waals surface area contributed by atoms with Gasteiger partial charge >= 0.3 is 6.01 Å². The van der Waals surface area contributed by atoms with Crippen molar-refractivity contribution in [3.8, 4) is 23.0 Å². The molecule has 0 aliphatic rings. The average Bonchev–Trinajstić information content (AvgIpc) is 2.65. The number of ether oxygens (including phenoxy) is 1. The van der Waals surface area contributed by atoms with Crippen molar-refractivity contribution >= 4 is 11.6 Å². The van der Waals surface area contributed by atoms with Crippen molar-refractivity contribution in [2.75, 3.05) is 5.32 Å². The van der Waals surface area contributed by atoms with E-state index >= 15 is 0 Å². The molecule has 26 heavy (non-hydrogen) atoms. The standard InChI is InChI=1S/C20H20N4O2/c1-13(2)19(25)23-16-7-6-14(3)18(11-16)26-20-22-10-8-17(24-20)15-5-4-9-21-12-15/h4-13H,1-3H3,(H,23,25). The first-order valence-electron chi connectivity index (χ1n) is 8.36. The molecular weight excluding hydrogens is 328 g/mol. The fourth-order valence-electron chi connectivity index (χ4n) is 2.24. The predicted octanol–water partition coefficient (Wildman–Crippen LogP) is 4.23. The van der Waals surface area contributed by atoms with Gasteiger partial charge in [0.2, 0.25) is 5.91 Å². The third kappa shape index (κ3) is 4.22. The molecule has 0 fully saturated rings. The Bertz CT molecular complexity index is 911. The number of carbonyl (C=O) groups is 1. The van der Waals surface area contributed by atoms with Gasteiger partial charge in [-0.2, -0.15) is 4.98 Å². The lowest BCUT2D eigenvalue weighted by atomic mass is 10.1. The molecule has 2 heterocycles. The van der Waals surface area contributed by atoms with Gasteiger partial charge in [-0.25, -0.2) is 4.98 Å². The summed E-state index contributed by atoms with van der Waals surface area (Å²) in [6.07, 6.45) is 5.09. The summed E-state index contributed by atoms with van der Waals surface area (Å²) in [7, 11) is 0. The molecule has 3 aromatic rings. The highest BCUT2D eigenvalue weighted by Gasteiger charge is 2.11. The largest absolute Gasteiger partial charge is 0.424 e. The third-order valence-electron chi connectivity index (χ3n) is 3.77. The van der Waals surface area contributed by atoms with Gasteiger partial charge in [-0.05, 0) is 36.8 Å². The Labute approximate surface area is 152 Å². The summed E-state index contributed by atoms with van der Waals surface area (Å²) >= 11 is 0. The van der Waals surface area contributed by atoms with Crippen LogP contribution in [-0.4, -0.2) is 20.9 Å². The Hall–Kier alpha value is -3.28. The number of amides is 1. The van der Waals surface area contributed by atoms with Crippen LogP contribution in [0.5, 0.6) is 11.8 Å². The Kier molecular flexibility index (Phi) is 5.22. The summed E-state index contributed by atoms with van der Waals surface area (Å²) < 4.78 is 5.86. The molecule has 0 aliphatic carbocycles. The van der Waals surface area contributed by atoms with Crippen molar-refractivity contribution < 1.29 is 9.53 Å². The van der Waals surface area contributed by atoms with Crippen molar-refractivity contribution in [2.45, 2.75) is 20.8 Å². The fourth-order valence-corrected chi connectivity index (χ4v) is 2.24. The SMILES string of the molecule is Cc1ccc(NC(=O)C(C)C)cc1Oc1nccc(-c2cccnc2)n1. The highest BCUT2D eigenvalue weighted by Crippen LogP contribution is 2.27. The lowest BCUT2D eigenvalue weighted by molar-refractivity contribution is -0.118. The van der Waals surface area contributed by atoms with Gasteiger partial charge in [-0.15, -0.1) is 0 Å². The number of aromatic nitrogens is 3. The Balaban J connectivity index is 1.84. The van der Waals surface area contributed by atoms with Crippen LogP contribution in [0.2, 0.25) is 0 Å². The minimum absolute atomic E-state index is 0.0466. The third-order valence-corrected chi connectivity index (χ3v) is 3.77. The molecule has 0 bridgehead atoms. The molecular formula is C20H20N4O2. The summed E-state index contributed by atoms with van der Waals surface area (Å²) in [4.78, 5) is 24.6. The minimum Gasteiger partial charge on any atom is -0.424 e. The Morgan fingerprint density at radius 3 is 2.73 bits per heavy atom. The van der Waals surface area contributed by atoms with Crippen molar-refractivity contribution in [3.63, 3.8) is 0 Å². The molecule has 0 saturated carbocycles. The number of pyridine rings is 1. The summed E-state index contributed by atoms with van der Waals surface area (Å²) in [5, 5.41) is 2.86. The van der Waals surface area contributed by atoms with Crippen LogP contribution in [0.25, 0.3) is 11.3 Å². The number of hydrogen-bond acceptors (Lipinski definition) is 5. The zero-order chi connectivity index (χ0) is 18.5. The van der Waals surface area contributed by atoms with Crippen molar-refractivity contribution in [2.24, 2.45) is 5.92 Å². The number of carbonyl (C=O) groups excluding carboxylic acids is 1. The van der Waals surface area contributed by atoms with Crippen LogP contribution in [0.4, 0.5) is 5.69 Å². The van der Waals surface area contributed by atoms with Crippen LogP contribution in [0.15, 0.2) is 55.0 Å². The van der Waals surface area contributed by atoms with Gasteiger partial charge in [0.1, 0.15) is 5.75 Å².